The highest BCUT2D eigenvalue weighted by Gasteiger charge is 2.14. The number of nitrogens with one attached hydrogen (secondary N) is 1. The molecule has 3 N–H and O–H groups in total. The quantitative estimate of drug-likeness (QED) is 0.840. The monoisotopic (exact) mass is 274 g/mol. The Morgan fingerprint density at radius 2 is 2.15 bits per heavy atom. The molecule has 0 saturated carbocycles. The zero-order valence-electron chi connectivity index (χ0n) is 11.8. The summed E-state index contributed by atoms with van der Waals surface area (Å²) in [6, 6.07) is 6.81. The first-order valence-electron chi connectivity index (χ1n) is 6.39. The van der Waals surface area contributed by atoms with E-state index in [1.807, 2.05) is 13.8 Å². The van der Waals surface area contributed by atoms with Gasteiger partial charge in [-0.1, -0.05) is 6.92 Å². The van der Waals surface area contributed by atoms with Crippen molar-refractivity contribution in [2.24, 2.45) is 0 Å². The lowest BCUT2D eigenvalue weighted by Gasteiger charge is -2.07. The van der Waals surface area contributed by atoms with Crippen molar-refractivity contribution in [2.45, 2.75) is 20.3 Å². The molecule has 0 spiro atoms. The second-order valence-electron chi connectivity index (χ2n) is 4.48. The zero-order chi connectivity index (χ0) is 14.7. The first kappa shape index (κ1) is 14.0. The molecule has 0 aliphatic carbocycles. The molecule has 0 unspecified atom stereocenters. The van der Waals surface area contributed by atoms with Crippen LogP contribution in [0.25, 0.3) is 0 Å². The number of furan rings is 1. The lowest BCUT2D eigenvalue weighted by Crippen LogP contribution is -2.11. The maximum atomic E-state index is 12.1. The molecule has 106 valence electrons. The predicted molar refractivity (Wildman–Crippen MR) is 78.2 cm³/mol. The smallest absolute Gasteiger partial charge is 0.291 e. The molecule has 2 rings (SSSR count). The Hall–Kier alpha value is -2.43. The van der Waals surface area contributed by atoms with Gasteiger partial charge in [-0.15, -0.1) is 0 Å². The highest BCUT2D eigenvalue weighted by molar-refractivity contribution is 6.02. The van der Waals surface area contributed by atoms with E-state index in [1.54, 1.807) is 31.4 Å². The molecule has 5 nitrogen and oxygen atoms in total. The minimum Gasteiger partial charge on any atom is -0.495 e. The van der Waals surface area contributed by atoms with Crippen LogP contribution in [0.4, 0.5) is 11.4 Å². The molecule has 0 radical (unpaired) electrons. The number of nitrogen functional groups attached to an aromatic ring is 1. The second-order valence-corrected chi connectivity index (χ2v) is 4.48. The van der Waals surface area contributed by atoms with Crippen molar-refractivity contribution in [1.29, 1.82) is 0 Å². The van der Waals surface area contributed by atoms with E-state index in [0.717, 1.165) is 17.7 Å². The highest BCUT2D eigenvalue weighted by Crippen LogP contribution is 2.25. The molecule has 1 heterocycles. The third kappa shape index (κ3) is 2.77. The number of aryl methyl sites for hydroxylation is 2. The molecule has 0 aliphatic heterocycles. The number of methoxy groups -OCH3 is 1. The van der Waals surface area contributed by atoms with Gasteiger partial charge in [0, 0.05) is 12.1 Å². The van der Waals surface area contributed by atoms with Gasteiger partial charge in [0.1, 0.15) is 11.5 Å². The maximum absolute atomic E-state index is 12.1. The van der Waals surface area contributed by atoms with Crippen molar-refractivity contribution >= 4 is 17.3 Å². The van der Waals surface area contributed by atoms with Gasteiger partial charge in [0.2, 0.25) is 0 Å². The minimum absolute atomic E-state index is 0.294. The SMILES string of the molecule is CCc1oc(C(=O)Nc2ccc(OC)c(N)c2)cc1C. The van der Waals surface area contributed by atoms with Gasteiger partial charge >= 0.3 is 0 Å². The van der Waals surface area contributed by atoms with Gasteiger partial charge in [-0.05, 0) is 36.8 Å². The Morgan fingerprint density at radius 1 is 1.40 bits per heavy atom. The van der Waals surface area contributed by atoms with Gasteiger partial charge in [-0.25, -0.2) is 0 Å². The van der Waals surface area contributed by atoms with Gasteiger partial charge in [0.05, 0.1) is 12.8 Å². The van der Waals surface area contributed by atoms with E-state index in [0.29, 0.717) is 22.9 Å². The van der Waals surface area contributed by atoms with Crippen LogP contribution in [-0.2, 0) is 6.42 Å². The fourth-order valence-electron chi connectivity index (χ4n) is 1.99. The fourth-order valence-corrected chi connectivity index (χ4v) is 1.99. The summed E-state index contributed by atoms with van der Waals surface area (Å²) in [4.78, 5) is 12.1. The van der Waals surface area contributed by atoms with Crippen molar-refractivity contribution in [3.05, 3.63) is 41.3 Å². The normalized spacial score (nSPS) is 10.3. The van der Waals surface area contributed by atoms with Crippen LogP contribution in [0.3, 0.4) is 0 Å². The summed E-state index contributed by atoms with van der Waals surface area (Å²) in [5, 5.41) is 2.75. The average molecular weight is 274 g/mol. The number of benzene rings is 1. The summed E-state index contributed by atoms with van der Waals surface area (Å²) in [6.07, 6.45) is 0.759. The standard InChI is InChI=1S/C15H18N2O3/c1-4-12-9(2)7-14(20-12)15(18)17-10-5-6-13(19-3)11(16)8-10/h5-8H,4,16H2,1-3H3,(H,17,18). The molecule has 0 bridgehead atoms. The summed E-state index contributed by atoms with van der Waals surface area (Å²) in [5.74, 6) is 1.40. The van der Waals surface area contributed by atoms with Crippen LogP contribution in [-0.4, -0.2) is 13.0 Å². The van der Waals surface area contributed by atoms with Crippen LogP contribution in [0.2, 0.25) is 0 Å². The summed E-state index contributed by atoms with van der Waals surface area (Å²) < 4.78 is 10.6. The molecule has 0 saturated heterocycles. The first-order valence-corrected chi connectivity index (χ1v) is 6.39. The molecule has 1 amide bonds. The number of hydrogen-bond acceptors (Lipinski definition) is 4. The molecule has 1 aromatic carbocycles. The Kier molecular flexibility index (Phi) is 3.98. The van der Waals surface area contributed by atoms with Crippen LogP contribution in [0.5, 0.6) is 5.75 Å². The van der Waals surface area contributed by atoms with Gasteiger partial charge in [0.25, 0.3) is 5.91 Å². The van der Waals surface area contributed by atoms with Gasteiger partial charge in [0.15, 0.2) is 5.76 Å². The second kappa shape index (κ2) is 5.69. The van der Waals surface area contributed by atoms with E-state index in [4.69, 9.17) is 14.9 Å². The van der Waals surface area contributed by atoms with Gasteiger partial charge in [-0.2, -0.15) is 0 Å². The summed E-state index contributed by atoms with van der Waals surface area (Å²) in [7, 11) is 1.54. The number of hydrogen-bond donors (Lipinski definition) is 2. The number of nitrogens with two attached hydrogens (primary N) is 1. The van der Waals surface area contributed by atoms with E-state index in [-0.39, 0.29) is 5.91 Å². The van der Waals surface area contributed by atoms with Crippen LogP contribution in [0, 0.1) is 6.92 Å². The first-order chi connectivity index (χ1) is 9.55. The number of anilines is 2. The summed E-state index contributed by atoms with van der Waals surface area (Å²) in [5.41, 5.74) is 7.84. The van der Waals surface area contributed by atoms with Crippen LogP contribution >= 0.6 is 0 Å². The molecule has 20 heavy (non-hydrogen) atoms. The van der Waals surface area contributed by atoms with Crippen molar-refractivity contribution in [3.8, 4) is 5.75 Å². The molecule has 0 fully saturated rings. The van der Waals surface area contributed by atoms with Crippen LogP contribution < -0.4 is 15.8 Å². The topological polar surface area (TPSA) is 77.5 Å². The van der Waals surface area contributed by atoms with E-state index in [2.05, 4.69) is 5.32 Å². The van der Waals surface area contributed by atoms with E-state index >= 15 is 0 Å². The van der Waals surface area contributed by atoms with Crippen molar-refractivity contribution < 1.29 is 13.9 Å². The fraction of sp³-hybridized carbons (Fsp3) is 0.267. The van der Waals surface area contributed by atoms with Crippen molar-refractivity contribution in [2.75, 3.05) is 18.2 Å². The molecule has 5 heteroatoms. The van der Waals surface area contributed by atoms with Crippen LogP contribution in [0.1, 0.15) is 28.8 Å². The molecular formula is C15H18N2O3. The molecule has 1 aromatic heterocycles. The molecule has 2 aromatic rings. The average Bonchev–Trinajstić information content (AvgIpc) is 2.80. The highest BCUT2D eigenvalue weighted by atomic mass is 16.5. The lowest BCUT2D eigenvalue weighted by atomic mass is 10.2. The third-order valence-corrected chi connectivity index (χ3v) is 3.05. The number of amides is 1. The Bertz CT molecular complexity index is 632. The Labute approximate surface area is 117 Å². The Balaban J connectivity index is 2.16. The maximum Gasteiger partial charge on any atom is 0.291 e. The zero-order valence-corrected chi connectivity index (χ0v) is 11.8. The molecule has 0 atom stereocenters. The summed E-state index contributed by atoms with van der Waals surface area (Å²) in [6.45, 7) is 3.90. The third-order valence-electron chi connectivity index (χ3n) is 3.05. The predicted octanol–water partition coefficient (Wildman–Crippen LogP) is 2.99. The van der Waals surface area contributed by atoms with E-state index in [9.17, 15) is 4.79 Å². The van der Waals surface area contributed by atoms with Gasteiger partial charge in [-0.3, -0.25) is 4.79 Å². The number of ether oxygens (including phenoxy) is 1. The van der Waals surface area contributed by atoms with E-state index in [1.165, 1.54) is 0 Å². The van der Waals surface area contributed by atoms with Crippen LogP contribution in [0.15, 0.2) is 28.7 Å². The Morgan fingerprint density at radius 3 is 2.70 bits per heavy atom. The minimum atomic E-state index is -0.294. The van der Waals surface area contributed by atoms with Crippen molar-refractivity contribution in [3.63, 3.8) is 0 Å². The summed E-state index contributed by atoms with van der Waals surface area (Å²) >= 11 is 0. The van der Waals surface area contributed by atoms with Crippen molar-refractivity contribution in [1.82, 2.24) is 0 Å². The van der Waals surface area contributed by atoms with Gasteiger partial charge < -0.3 is 20.2 Å². The number of rotatable bonds is 4. The number of carbonyl (C=O) groups excluding carboxylic acids is 1. The van der Waals surface area contributed by atoms with E-state index < -0.39 is 0 Å². The number of carbonyl (C=O) groups is 1. The largest absolute Gasteiger partial charge is 0.495 e. The molecule has 0 aliphatic rings. The lowest BCUT2D eigenvalue weighted by molar-refractivity contribution is 0.0995. The molecular weight excluding hydrogens is 256 g/mol.